The van der Waals surface area contributed by atoms with E-state index in [1.54, 1.807) is 19.2 Å². The summed E-state index contributed by atoms with van der Waals surface area (Å²) in [6.45, 7) is 2.68. The number of sulfonamides is 1. The molecular formula is C38H45N3O9S3. The van der Waals surface area contributed by atoms with Gasteiger partial charge >= 0.3 is 12.2 Å². The second-order valence-electron chi connectivity index (χ2n) is 12.8. The van der Waals surface area contributed by atoms with Gasteiger partial charge in [0.1, 0.15) is 36.0 Å². The van der Waals surface area contributed by atoms with Crippen LogP contribution in [-0.2, 0) is 29.8 Å². The molecule has 284 valence electrons. The predicted octanol–water partition coefficient (Wildman–Crippen LogP) is 7.92. The molecule has 1 fully saturated rings. The van der Waals surface area contributed by atoms with Gasteiger partial charge in [0.2, 0.25) is 0 Å². The van der Waals surface area contributed by atoms with Crippen LogP contribution in [-0.4, -0.2) is 83.2 Å². The van der Waals surface area contributed by atoms with Gasteiger partial charge in [-0.2, -0.15) is 0 Å². The lowest BCUT2D eigenvalue weighted by atomic mass is 9.71. The van der Waals surface area contributed by atoms with Crippen LogP contribution in [0.4, 0.5) is 9.59 Å². The molecule has 5 rings (SSSR count). The maximum Gasteiger partial charge on any atom is 0.509 e. The minimum atomic E-state index is -4.17. The molecule has 4 aromatic rings. The number of methoxy groups -OCH3 is 1. The van der Waals surface area contributed by atoms with Gasteiger partial charge in [0, 0.05) is 29.5 Å². The number of carbonyl (C=O) groups excluding carboxylic acids is 2. The molecule has 2 atom stereocenters. The number of aromatic nitrogens is 1. The van der Waals surface area contributed by atoms with Gasteiger partial charge in [-0.3, -0.25) is 0 Å². The Hall–Kier alpha value is -4.18. The van der Waals surface area contributed by atoms with Crippen molar-refractivity contribution in [3.05, 3.63) is 90.2 Å². The number of aryl methyl sites for hydroxylation is 1. The van der Waals surface area contributed by atoms with Crippen molar-refractivity contribution in [1.82, 2.24) is 14.8 Å². The summed E-state index contributed by atoms with van der Waals surface area (Å²) < 4.78 is 55.3. The van der Waals surface area contributed by atoms with E-state index in [2.05, 4.69) is 10.1 Å². The molecule has 1 heterocycles. The minimum absolute atomic E-state index is 0.0229. The zero-order chi connectivity index (χ0) is 37.8. The Morgan fingerprint density at radius 1 is 0.943 bits per heavy atom. The monoisotopic (exact) mass is 783 g/mol. The summed E-state index contributed by atoms with van der Waals surface area (Å²) in [7, 11) is 4.31. The summed E-state index contributed by atoms with van der Waals surface area (Å²) in [4.78, 5) is 27.3. The van der Waals surface area contributed by atoms with E-state index in [-0.39, 0.29) is 24.0 Å². The number of nitrogens with zero attached hydrogens (tertiary/aromatic N) is 2. The van der Waals surface area contributed by atoms with Crippen LogP contribution in [0.15, 0.2) is 88.3 Å². The second kappa shape index (κ2) is 18.7. The Morgan fingerprint density at radius 3 is 2.36 bits per heavy atom. The van der Waals surface area contributed by atoms with Crippen molar-refractivity contribution in [1.29, 1.82) is 0 Å². The van der Waals surface area contributed by atoms with E-state index in [0.29, 0.717) is 40.7 Å². The molecule has 1 saturated carbocycles. The highest BCUT2D eigenvalue weighted by molar-refractivity contribution is 8.76. The van der Waals surface area contributed by atoms with Gasteiger partial charge in [0.05, 0.1) is 17.6 Å². The summed E-state index contributed by atoms with van der Waals surface area (Å²) in [5, 5.41) is 4.17. The summed E-state index contributed by atoms with van der Waals surface area (Å²) >= 11 is 0. The van der Waals surface area contributed by atoms with E-state index < -0.39 is 27.9 Å². The van der Waals surface area contributed by atoms with Crippen molar-refractivity contribution in [3.63, 3.8) is 0 Å². The Balaban J connectivity index is 1.03. The summed E-state index contributed by atoms with van der Waals surface area (Å²) in [6.07, 6.45) is 1.82. The van der Waals surface area contributed by atoms with Crippen molar-refractivity contribution in [2.24, 2.45) is 5.92 Å². The van der Waals surface area contributed by atoms with E-state index in [9.17, 15) is 18.0 Å². The highest BCUT2D eigenvalue weighted by Crippen LogP contribution is 2.46. The summed E-state index contributed by atoms with van der Waals surface area (Å²) in [5.74, 6) is 2.30. The topological polar surface area (TPSA) is 146 Å². The maximum absolute atomic E-state index is 13.0. The highest BCUT2D eigenvalue weighted by atomic mass is 33.1. The van der Waals surface area contributed by atoms with Crippen LogP contribution in [0.1, 0.15) is 37.0 Å². The Kier molecular flexibility index (Phi) is 14.1. The molecular weight excluding hydrogens is 739 g/mol. The number of ether oxygens (including phenoxy) is 4. The lowest BCUT2D eigenvalue weighted by Crippen LogP contribution is -2.46. The fourth-order valence-corrected chi connectivity index (χ4v) is 9.03. The van der Waals surface area contributed by atoms with Crippen LogP contribution in [0.3, 0.4) is 0 Å². The molecule has 1 amide bonds. The second-order valence-corrected chi connectivity index (χ2v) is 17.1. The van der Waals surface area contributed by atoms with E-state index in [0.717, 1.165) is 42.5 Å². The van der Waals surface area contributed by atoms with Crippen LogP contribution >= 0.6 is 21.6 Å². The molecule has 0 bridgehead atoms. The molecule has 1 aliphatic carbocycles. The molecule has 0 saturated heterocycles. The molecule has 1 N–H and O–H groups in total. The normalized spacial score (nSPS) is 17.3. The minimum Gasteiger partial charge on any atom is -0.497 e. The average molecular weight is 784 g/mol. The number of rotatable bonds is 16. The molecule has 12 nitrogen and oxygen atoms in total. The third-order valence-electron chi connectivity index (χ3n) is 8.87. The van der Waals surface area contributed by atoms with Crippen molar-refractivity contribution >= 4 is 43.9 Å². The van der Waals surface area contributed by atoms with Crippen LogP contribution in [0.25, 0.3) is 22.4 Å². The molecule has 3 aromatic carbocycles. The Bertz CT molecular complexity index is 1920. The van der Waals surface area contributed by atoms with Gasteiger partial charge in [-0.1, -0.05) is 87.8 Å². The Morgan fingerprint density at radius 2 is 1.66 bits per heavy atom. The lowest BCUT2D eigenvalue weighted by Gasteiger charge is -2.44. The number of benzene rings is 3. The molecule has 15 heteroatoms. The molecule has 0 radical (unpaired) electrons. The molecule has 1 aliphatic rings. The molecule has 0 aliphatic heterocycles. The van der Waals surface area contributed by atoms with Crippen molar-refractivity contribution < 1.29 is 41.5 Å². The van der Waals surface area contributed by atoms with E-state index in [4.69, 9.17) is 23.5 Å². The summed E-state index contributed by atoms with van der Waals surface area (Å²) in [6, 6.07) is 23.3. The van der Waals surface area contributed by atoms with Gasteiger partial charge in [0.15, 0.2) is 0 Å². The fourth-order valence-electron chi connectivity index (χ4n) is 6.48. The fraction of sp³-hybridized carbons (Fsp3) is 0.395. The third kappa shape index (κ3) is 10.5. The number of hydrogen-bond donors (Lipinski definition) is 1. The zero-order valence-corrected chi connectivity index (χ0v) is 32.7. The van der Waals surface area contributed by atoms with Gasteiger partial charge < -0.3 is 28.4 Å². The predicted molar refractivity (Wildman–Crippen MR) is 206 cm³/mol. The van der Waals surface area contributed by atoms with Gasteiger partial charge in [0.25, 0.3) is 10.0 Å². The van der Waals surface area contributed by atoms with Gasteiger partial charge in [-0.25, -0.2) is 22.7 Å². The van der Waals surface area contributed by atoms with Crippen molar-refractivity contribution in [3.8, 4) is 28.1 Å². The number of nitrogens with one attached hydrogen (secondary N) is 1. The van der Waals surface area contributed by atoms with Crippen molar-refractivity contribution in [2.45, 2.75) is 43.1 Å². The number of amides is 1. The van der Waals surface area contributed by atoms with Gasteiger partial charge in [-0.15, -0.1) is 0 Å². The highest BCUT2D eigenvalue weighted by Gasteiger charge is 2.46. The maximum atomic E-state index is 13.0. The first-order chi connectivity index (χ1) is 25.5. The largest absolute Gasteiger partial charge is 0.509 e. The molecule has 0 spiro atoms. The zero-order valence-electron chi connectivity index (χ0n) is 30.2. The number of carbonyl (C=O) groups is 2. The quantitative estimate of drug-likeness (QED) is 0.0668. The van der Waals surface area contributed by atoms with Crippen molar-refractivity contribution in [2.75, 3.05) is 52.5 Å². The van der Waals surface area contributed by atoms with E-state index in [1.165, 1.54) is 33.7 Å². The first kappa shape index (κ1) is 40.0. The standard InChI is InChI=1S/C38H45N3O9S3/c1-27-34(28-11-6-5-7-12-28)35(39-50-27)29-16-18-33(19-17-29)53(44,45)40-36(42)47-21-23-51-52-24-22-48-37(43)49-38(30-14-10-15-32(25-30)46-4)20-9-8-13-31(38)26-41(2)3/h5-7,10-12,14-19,25,31H,8-9,13,20-24,26H2,1-4H3,(H,40,42)/t31-,38+/m1/s1. The molecule has 1 aromatic heterocycles. The molecule has 53 heavy (non-hydrogen) atoms. The van der Waals surface area contributed by atoms with E-state index >= 15 is 0 Å². The first-order valence-electron chi connectivity index (χ1n) is 17.2. The first-order valence-corrected chi connectivity index (χ1v) is 21.2. The smallest absolute Gasteiger partial charge is 0.497 e. The summed E-state index contributed by atoms with van der Waals surface area (Å²) in [5.41, 5.74) is 3.06. The third-order valence-corrected chi connectivity index (χ3v) is 12.5. The number of hydrogen-bond acceptors (Lipinski definition) is 13. The van der Waals surface area contributed by atoms with Crippen LogP contribution < -0.4 is 9.46 Å². The lowest BCUT2D eigenvalue weighted by molar-refractivity contribution is -0.0973. The van der Waals surface area contributed by atoms with Gasteiger partial charge in [-0.05, 0) is 75.7 Å². The van der Waals surface area contributed by atoms with E-state index in [1.807, 2.05) is 80.3 Å². The average Bonchev–Trinajstić information content (AvgIpc) is 3.54. The Labute approximate surface area is 318 Å². The SMILES string of the molecule is COc1cccc([C@@]2(OC(=O)OCCSSCCOC(=O)NS(=O)(=O)c3ccc(-c4noc(C)c4-c4ccccc4)cc3)CCCC[C@@H]2CN(C)C)c1. The van der Waals surface area contributed by atoms with Crippen LogP contribution in [0.2, 0.25) is 0 Å². The molecule has 0 unspecified atom stereocenters. The van der Waals surface area contributed by atoms with Crippen LogP contribution in [0.5, 0.6) is 5.75 Å². The van der Waals surface area contributed by atoms with Crippen LogP contribution in [0, 0.1) is 12.8 Å².